The number of hydrogen-bond donors (Lipinski definition) is 1. The average Bonchev–Trinajstić information content (AvgIpc) is 3.16. The largest absolute Gasteiger partial charge is 0.493 e. The summed E-state index contributed by atoms with van der Waals surface area (Å²) >= 11 is 13.3. The van der Waals surface area contributed by atoms with Crippen LogP contribution in [0, 0.1) is 0 Å². The molecule has 7 nitrogen and oxygen atoms in total. The number of carbonyl (C=O) groups excluding carboxylic acids is 1. The Morgan fingerprint density at radius 3 is 2.53 bits per heavy atom. The van der Waals surface area contributed by atoms with Crippen molar-refractivity contribution in [3.63, 3.8) is 0 Å². The highest BCUT2D eigenvalue weighted by molar-refractivity contribution is 7.99. The molecule has 0 aliphatic heterocycles. The zero-order valence-corrected chi connectivity index (χ0v) is 18.9. The molecular weight excluding hydrogens is 447 g/mol. The molecule has 0 unspecified atom stereocenters. The van der Waals surface area contributed by atoms with E-state index in [0.717, 1.165) is 5.56 Å². The number of halogens is 2. The number of carbonyl (C=O) groups is 1. The van der Waals surface area contributed by atoms with E-state index in [0.29, 0.717) is 44.8 Å². The lowest BCUT2D eigenvalue weighted by Gasteiger charge is -2.11. The zero-order valence-electron chi connectivity index (χ0n) is 16.6. The number of anilines is 1. The van der Waals surface area contributed by atoms with Crippen molar-refractivity contribution in [3.8, 4) is 22.9 Å². The third-order valence-electron chi connectivity index (χ3n) is 4.21. The molecule has 0 spiro atoms. The van der Waals surface area contributed by atoms with Crippen molar-refractivity contribution in [2.24, 2.45) is 0 Å². The Balaban J connectivity index is 1.73. The molecule has 0 aliphatic rings. The summed E-state index contributed by atoms with van der Waals surface area (Å²) in [5.41, 5.74) is 1.35. The first-order chi connectivity index (χ1) is 14.5. The maximum atomic E-state index is 12.3. The maximum absolute atomic E-state index is 12.3. The lowest BCUT2D eigenvalue weighted by atomic mass is 10.2. The SMILES string of the molecule is CCn1c(SCC(=O)Nc2ccc(Cl)cc2Cl)nnc1-c1ccc(OC)c(OC)c1. The molecule has 1 N–H and O–H groups in total. The average molecular weight is 467 g/mol. The van der Waals surface area contributed by atoms with Crippen LogP contribution in [0.25, 0.3) is 11.4 Å². The molecule has 1 aromatic heterocycles. The van der Waals surface area contributed by atoms with E-state index in [-0.39, 0.29) is 11.7 Å². The van der Waals surface area contributed by atoms with Gasteiger partial charge in [0.05, 0.1) is 30.7 Å². The van der Waals surface area contributed by atoms with Crippen molar-refractivity contribution < 1.29 is 14.3 Å². The van der Waals surface area contributed by atoms with E-state index >= 15 is 0 Å². The predicted octanol–water partition coefficient (Wildman–Crippen LogP) is 5.02. The molecule has 0 radical (unpaired) electrons. The van der Waals surface area contributed by atoms with Crippen LogP contribution in [0.1, 0.15) is 6.92 Å². The van der Waals surface area contributed by atoms with Crippen LogP contribution in [0.5, 0.6) is 11.5 Å². The number of nitrogens with one attached hydrogen (secondary N) is 1. The van der Waals surface area contributed by atoms with Gasteiger partial charge in [0.1, 0.15) is 0 Å². The van der Waals surface area contributed by atoms with Gasteiger partial charge in [-0.05, 0) is 43.3 Å². The van der Waals surface area contributed by atoms with Gasteiger partial charge in [-0.3, -0.25) is 4.79 Å². The van der Waals surface area contributed by atoms with E-state index in [2.05, 4.69) is 15.5 Å². The highest BCUT2D eigenvalue weighted by Crippen LogP contribution is 2.33. The Bertz CT molecular complexity index is 1060. The molecule has 3 rings (SSSR count). The van der Waals surface area contributed by atoms with Crippen LogP contribution < -0.4 is 14.8 Å². The number of methoxy groups -OCH3 is 2. The van der Waals surface area contributed by atoms with Gasteiger partial charge in [-0.1, -0.05) is 35.0 Å². The summed E-state index contributed by atoms with van der Waals surface area (Å²) in [6, 6.07) is 10.5. The highest BCUT2D eigenvalue weighted by atomic mass is 35.5. The third kappa shape index (κ3) is 5.00. The molecule has 30 heavy (non-hydrogen) atoms. The summed E-state index contributed by atoms with van der Waals surface area (Å²) in [6.45, 7) is 2.63. The van der Waals surface area contributed by atoms with Crippen LogP contribution in [0.15, 0.2) is 41.6 Å². The van der Waals surface area contributed by atoms with Gasteiger partial charge in [-0.2, -0.15) is 0 Å². The standard InChI is InChI=1S/C20H20Cl2N4O3S/c1-4-26-19(12-5-8-16(28-2)17(9-12)29-3)24-25-20(26)30-11-18(27)23-15-7-6-13(21)10-14(15)22/h5-10H,4,11H2,1-3H3,(H,23,27). The summed E-state index contributed by atoms with van der Waals surface area (Å²) in [4.78, 5) is 12.3. The number of nitrogens with zero attached hydrogens (tertiary/aromatic N) is 3. The molecular formula is C20H20Cl2N4O3S. The van der Waals surface area contributed by atoms with Crippen molar-refractivity contribution >= 4 is 46.6 Å². The number of benzene rings is 2. The van der Waals surface area contributed by atoms with Gasteiger partial charge in [0.15, 0.2) is 22.5 Å². The van der Waals surface area contributed by atoms with Crippen molar-refractivity contribution in [3.05, 3.63) is 46.4 Å². The topological polar surface area (TPSA) is 78.3 Å². The quantitative estimate of drug-likeness (QED) is 0.469. The van der Waals surface area contributed by atoms with Crippen LogP contribution in [0.4, 0.5) is 5.69 Å². The van der Waals surface area contributed by atoms with Crippen molar-refractivity contribution in [2.75, 3.05) is 25.3 Å². The van der Waals surface area contributed by atoms with Crippen molar-refractivity contribution in [1.82, 2.24) is 14.8 Å². The van der Waals surface area contributed by atoms with E-state index in [9.17, 15) is 4.79 Å². The highest BCUT2D eigenvalue weighted by Gasteiger charge is 2.17. The van der Waals surface area contributed by atoms with E-state index in [4.69, 9.17) is 32.7 Å². The zero-order chi connectivity index (χ0) is 21.7. The Hall–Kier alpha value is -2.42. The lowest BCUT2D eigenvalue weighted by molar-refractivity contribution is -0.113. The maximum Gasteiger partial charge on any atom is 0.234 e. The second kappa shape index (κ2) is 10.1. The van der Waals surface area contributed by atoms with Gasteiger partial charge in [0, 0.05) is 17.1 Å². The number of aromatic nitrogens is 3. The molecule has 158 valence electrons. The molecule has 10 heteroatoms. The van der Waals surface area contributed by atoms with Gasteiger partial charge >= 0.3 is 0 Å². The Morgan fingerprint density at radius 2 is 1.87 bits per heavy atom. The first-order valence-corrected chi connectivity index (χ1v) is 10.7. The van der Waals surface area contributed by atoms with Crippen LogP contribution >= 0.6 is 35.0 Å². The Labute approximate surface area is 188 Å². The normalized spacial score (nSPS) is 10.7. The lowest BCUT2D eigenvalue weighted by Crippen LogP contribution is -2.15. The van der Waals surface area contributed by atoms with Crippen molar-refractivity contribution in [1.29, 1.82) is 0 Å². The second-order valence-corrected chi connectivity index (χ2v) is 7.87. The molecule has 0 saturated heterocycles. The van der Waals surface area contributed by atoms with Gasteiger partial charge in [0.2, 0.25) is 5.91 Å². The number of hydrogen-bond acceptors (Lipinski definition) is 6. The summed E-state index contributed by atoms with van der Waals surface area (Å²) in [7, 11) is 3.17. The third-order valence-corrected chi connectivity index (χ3v) is 5.73. The molecule has 0 aliphatic carbocycles. The molecule has 2 aromatic carbocycles. The smallest absolute Gasteiger partial charge is 0.234 e. The minimum atomic E-state index is -0.206. The van der Waals surface area contributed by atoms with Gasteiger partial charge < -0.3 is 19.4 Å². The fraction of sp³-hybridized carbons (Fsp3) is 0.250. The molecule has 0 saturated carbocycles. The molecule has 0 bridgehead atoms. The minimum absolute atomic E-state index is 0.156. The van der Waals surface area contributed by atoms with Crippen LogP contribution in [0.3, 0.4) is 0 Å². The first-order valence-electron chi connectivity index (χ1n) is 9.00. The fourth-order valence-electron chi connectivity index (χ4n) is 2.78. The Kier molecular flexibility index (Phi) is 7.47. The summed E-state index contributed by atoms with van der Waals surface area (Å²) < 4.78 is 12.6. The van der Waals surface area contributed by atoms with E-state index in [1.54, 1.807) is 32.4 Å². The summed E-state index contributed by atoms with van der Waals surface area (Å²) in [6.07, 6.45) is 0. The van der Waals surface area contributed by atoms with Crippen LogP contribution in [-0.2, 0) is 11.3 Å². The molecule has 1 heterocycles. The summed E-state index contributed by atoms with van der Waals surface area (Å²) in [5, 5.41) is 12.9. The van der Waals surface area contributed by atoms with Gasteiger partial charge in [-0.25, -0.2) is 0 Å². The van der Waals surface area contributed by atoms with E-state index in [1.165, 1.54) is 11.8 Å². The second-order valence-electron chi connectivity index (χ2n) is 6.08. The molecule has 3 aromatic rings. The Morgan fingerprint density at radius 1 is 1.10 bits per heavy atom. The van der Waals surface area contributed by atoms with E-state index in [1.807, 2.05) is 29.7 Å². The molecule has 1 amide bonds. The molecule has 0 atom stereocenters. The summed E-state index contributed by atoms with van der Waals surface area (Å²) in [5.74, 6) is 1.87. The van der Waals surface area contributed by atoms with Gasteiger partial charge in [-0.15, -0.1) is 10.2 Å². The van der Waals surface area contributed by atoms with Gasteiger partial charge in [0.25, 0.3) is 0 Å². The fourth-order valence-corrected chi connectivity index (χ4v) is 4.03. The van der Waals surface area contributed by atoms with Crippen molar-refractivity contribution in [2.45, 2.75) is 18.6 Å². The minimum Gasteiger partial charge on any atom is -0.493 e. The number of thioether (sulfide) groups is 1. The monoisotopic (exact) mass is 466 g/mol. The predicted molar refractivity (Wildman–Crippen MR) is 120 cm³/mol. The number of amides is 1. The first kappa shape index (κ1) is 22.3. The molecule has 0 fully saturated rings. The van der Waals surface area contributed by atoms with Crippen LogP contribution in [-0.4, -0.2) is 40.6 Å². The van der Waals surface area contributed by atoms with Crippen LogP contribution in [0.2, 0.25) is 10.0 Å². The number of ether oxygens (including phenoxy) is 2. The number of rotatable bonds is 8. The van der Waals surface area contributed by atoms with E-state index < -0.39 is 0 Å².